The number of aromatic nitrogens is 1. The Balaban J connectivity index is 1.99. The van der Waals surface area contributed by atoms with E-state index >= 15 is 0 Å². The van der Waals surface area contributed by atoms with Crippen LogP contribution in [0.2, 0.25) is 0 Å². The quantitative estimate of drug-likeness (QED) is 0.790. The van der Waals surface area contributed by atoms with Gasteiger partial charge in [0, 0.05) is 13.2 Å². The van der Waals surface area contributed by atoms with Gasteiger partial charge in [-0.15, -0.1) is 11.3 Å². The van der Waals surface area contributed by atoms with Crippen molar-refractivity contribution < 1.29 is 14.3 Å². The van der Waals surface area contributed by atoms with Gasteiger partial charge in [-0.25, -0.2) is 4.98 Å². The molecule has 2 aromatic heterocycles. The molecule has 2 rings (SSSR count). The first-order valence-corrected chi connectivity index (χ1v) is 6.96. The van der Waals surface area contributed by atoms with Gasteiger partial charge in [0.2, 0.25) is 11.8 Å². The summed E-state index contributed by atoms with van der Waals surface area (Å²) in [5.41, 5.74) is 0.657. The molecule has 1 amide bonds. The molecule has 0 aliphatic rings. The predicted octanol–water partition coefficient (Wildman–Crippen LogP) is 1.75. The fourth-order valence-corrected chi connectivity index (χ4v) is 2.27. The molecule has 2 N–H and O–H groups in total. The summed E-state index contributed by atoms with van der Waals surface area (Å²) in [6, 6.07) is 3.86. The van der Waals surface area contributed by atoms with E-state index in [1.807, 2.05) is 17.5 Å². The van der Waals surface area contributed by atoms with Gasteiger partial charge in [0.25, 0.3) is 0 Å². The lowest BCUT2D eigenvalue weighted by Gasteiger charge is -2.01. The van der Waals surface area contributed by atoms with Crippen molar-refractivity contribution in [2.75, 3.05) is 13.2 Å². The average molecular weight is 280 g/mol. The number of amides is 1. The van der Waals surface area contributed by atoms with E-state index < -0.39 is 0 Å². The average Bonchev–Trinajstić information content (AvgIpc) is 3.00. The highest BCUT2D eigenvalue weighted by molar-refractivity contribution is 7.13. The van der Waals surface area contributed by atoms with Crippen molar-refractivity contribution in [3.05, 3.63) is 29.0 Å². The molecule has 2 aromatic rings. The van der Waals surface area contributed by atoms with Crippen LogP contribution in [0.3, 0.4) is 0 Å². The molecule has 5 nitrogen and oxygen atoms in total. The summed E-state index contributed by atoms with van der Waals surface area (Å²) in [7, 11) is 0. The number of carbonyl (C=O) groups is 1. The first-order valence-electron chi connectivity index (χ1n) is 6.08. The van der Waals surface area contributed by atoms with Crippen LogP contribution in [-0.2, 0) is 11.2 Å². The minimum atomic E-state index is -0.109. The molecule has 0 saturated carbocycles. The number of hydrogen-bond acceptors (Lipinski definition) is 5. The summed E-state index contributed by atoms with van der Waals surface area (Å²) in [6.45, 7) is 2.36. The van der Waals surface area contributed by atoms with Crippen molar-refractivity contribution >= 4 is 17.2 Å². The third-order valence-corrected chi connectivity index (χ3v) is 3.47. The monoisotopic (exact) mass is 280 g/mol. The summed E-state index contributed by atoms with van der Waals surface area (Å²) < 4.78 is 5.56. The summed E-state index contributed by atoms with van der Waals surface area (Å²) in [5.74, 6) is 1.12. The number of thiophene rings is 1. The van der Waals surface area contributed by atoms with E-state index in [0.717, 1.165) is 4.88 Å². The van der Waals surface area contributed by atoms with Crippen LogP contribution in [-0.4, -0.2) is 29.1 Å². The third-order valence-electron chi connectivity index (χ3n) is 2.61. The van der Waals surface area contributed by atoms with Crippen LogP contribution in [0, 0.1) is 6.92 Å². The van der Waals surface area contributed by atoms with E-state index in [-0.39, 0.29) is 18.9 Å². The molecule has 0 aliphatic heterocycles. The first-order chi connectivity index (χ1) is 9.20. The SMILES string of the molecule is Cc1oc(-c2cccs2)nc1CC(=O)NCCCO. The Hall–Kier alpha value is -1.66. The highest BCUT2D eigenvalue weighted by Gasteiger charge is 2.14. The molecule has 0 aliphatic carbocycles. The summed E-state index contributed by atoms with van der Waals surface area (Å²) in [6.07, 6.45) is 0.760. The molecule has 0 atom stereocenters. The van der Waals surface area contributed by atoms with Crippen LogP contribution < -0.4 is 5.32 Å². The zero-order valence-corrected chi connectivity index (χ0v) is 11.5. The zero-order valence-electron chi connectivity index (χ0n) is 10.7. The maximum atomic E-state index is 11.7. The van der Waals surface area contributed by atoms with Crippen molar-refractivity contribution in [3.63, 3.8) is 0 Å². The summed E-state index contributed by atoms with van der Waals surface area (Å²) >= 11 is 1.55. The Labute approximate surface area is 115 Å². The Kier molecular flexibility index (Phi) is 4.70. The lowest BCUT2D eigenvalue weighted by Crippen LogP contribution is -2.26. The van der Waals surface area contributed by atoms with Crippen LogP contribution in [0.5, 0.6) is 0 Å². The molecule has 0 saturated heterocycles. The van der Waals surface area contributed by atoms with E-state index in [2.05, 4.69) is 10.3 Å². The summed E-state index contributed by atoms with van der Waals surface area (Å²) in [4.78, 5) is 17.0. The second-order valence-electron chi connectivity index (χ2n) is 4.10. The van der Waals surface area contributed by atoms with Crippen LogP contribution >= 0.6 is 11.3 Å². The second kappa shape index (κ2) is 6.49. The molecule has 0 unspecified atom stereocenters. The first kappa shape index (κ1) is 13.8. The third kappa shape index (κ3) is 3.65. The number of oxazole rings is 1. The van der Waals surface area contributed by atoms with Crippen LogP contribution in [0.4, 0.5) is 0 Å². The Morgan fingerprint density at radius 1 is 1.58 bits per heavy atom. The number of aliphatic hydroxyl groups excluding tert-OH is 1. The molecule has 19 heavy (non-hydrogen) atoms. The number of aliphatic hydroxyl groups is 1. The standard InChI is InChI=1S/C13H16N2O3S/c1-9-10(8-12(17)14-5-3-6-16)15-13(18-9)11-4-2-7-19-11/h2,4,7,16H,3,5-6,8H2,1H3,(H,14,17). The maximum Gasteiger partial charge on any atom is 0.236 e. The van der Waals surface area contributed by atoms with Crippen molar-refractivity contribution in [1.29, 1.82) is 0 Å². The van der Waals surface area contributed by atoms with Gasteiger partial charge >= 0.3 is 0 Å². The molecule has 0 radical (unpaired) electrons. The molecule has 6 heteroatoms. The number of hydrogen-bond donors (Lipinski definition) is 2. The van der Waals surface area contributed by atoms with Gasteiger partial charge in [-0.2, -0.15) is 0 Å². The largest absolute Gasteiger partial charge is 0.440 e. The van der Waals surface area contributed by atoms with E-state index in [9.17, 15) is 4.79 Å². The fourth-order valence-electron chi connectivity index (χ4n) is 1.62. The minimum Gasteiger partial charge on any atom is -0.440 e. The maximum absolute atomic E-state index is 11.7. The van der Waals surface area contributed by atoms with Crippen molar-refractivity contribution in [2.24, 2.45) is 0 Å². The fraction of sp³-hybridized carbons (Fsp3) is 0.385. The highest BCUT2D eigenvalue weighted by Crippen LogP contribution is 2.25. The zero-order chi connectivity index (χ0) is 13.7. The molecule has 0 fully saturated rings. The summed E-state index contributed by atoms with van der Waals surface area (Å²) in [5, 5.41) is 13.3. The van der Waals surface area contributed by atoms with Gasteiger partial charge in [0.05, 0.1) is 17.0 Å². The van der Waals surface area contributed by atoms with Gasteiger partial charge in [0.1, 0.15) is 5.76 Å². The topological polar surface area (TPSA) is 75.4 Å². The van der Waals surface area contributed by atoms with Gasteiger partial charge in [-0.05, 0) is 24.8 Å². The number of aryl methyl sites for hydroxylation is 1. The molecule has 0 aromatic carbocycles. The Morgan fingerprint density at radius 3 is 3.11 bits per heavy atom. The van der Waals surface area contributed by atoms with Crippen LogP contribution in [0.15, 0.2) is 21.9 Å². The van der Waals surface area contributed by atoms with E-state index in [1.54, 1.807) is 18.3 Å². The lowest BCUT2D eigenvalue weighted by molar-refractivity contribution is -0.120. The van der Waals surface area contributed by atoms with E-state index in [4.69, 9.17) is 9.52 Å². The predicted molar refractivity (Wildman–Crippen MR) is 73.0 cm³/mol. The van der Waals surface area contributed by atoms with Gasteiger partial charge < -0.3 is 14.8 Å². The molecule has 102 valence electrons. The van der Waals surface area contributed by atoms with Crippen molar-refractivity contribution in [1.82, 2.24) is 10.3 Å². The molecule has 2 heterocycles. The van der Waals surface area contributed by atoms with Gasteiger partial charge in [0.15, 0.2) is 0 Å². The normalized spacial score (nSPS) is 10.6. The molecular formula is C13H16N2O3S. The number of carbonyl (C=O) groups excluding carboxylic acids is 1. The molecule has 0 spiro atoms. The van der Waals surface area contributed by atoms with Crippen molar-refractivity contribution in [3.8, 4) is 10.8 Å². The minimum absolute atomic E-state index is 0.0752. The van der Waals surface area contributed by atoms with E-state index in [1.165, 1.54) is 0 Å². The second-order valence-corrected chi connectivity index (χ2v) is 5.05. The number of nitrogens with one attached hydrogen (secondary N) is 1. The lowest BCUT2D eigenvalue weighted by atomic mass is 10.2. The smallest absolute Gasteiger partial charge is 0.236 e. The molecular weight excluding hydrogens is 264 g/mol. The Morgan fingerprint density at radius 2 is 2.42 bits per heavy atom. The van der Waals surface area contributed by atoms with Crippen LogP contribution in [0.25, 0.3) is 10.8 Å². The number of nitrogens with zero attached hydrogens (tertiary/aromatic N) is 1. The van der Waals surface area contributed by atoms with E-state index in [0.29, 0.717) is 30.3 Å². The highest BCUT2D eigenvalue weighted by atomic mass is 32.1. The molecule has 0 bridgehead atoms. The van der Waals surface area contributed by atoms with Crippen molar-refractivity contribution in [2.45, 2.75) is 19.8 Å². The Bertz CT molecular complexity index is 534. The van der Waals surface area contributed by atoms with Gasteiger partial charge in [-0.1, -0.05) is 6.07 Å². The van der Waals surface area contributed by atoms with Gasteiger partial charge in [-0.3, -0.25) is 4.79 Å². The van der Waals surface area contributed by atoms with Crippen LogP contribution in [0.1, 0.15) is 17.9 Å². The number of rotatable bonds is 6.